The Kier molecular flexibility index (Phi) is 5.95. The van der Waals surface area contributed by atoms with Crippen LogP contribution in [0.1, 0.15) is 26.3 Å². The number of nitrogens with zero attached hydrogens (tertiary/aromatic N) is 1. The molecule has 1 amide bonds. The molecule has 0 fully saturated rings. The van der Waals surface area contributed by atoms with Crippen molar-refractivity contribution < 1.29 is 13.9 Å². The van der Waals surface area contributed by atoms with Crippen molar-refractivity contribution in [3.8, 4) is 0 Å². The maximum absolute atomic E-state index is 13.4. The van der Waals surface area contributed by atoms with Crippen LogP contribution in [0, 0.1) is 5.82 Å². The zero-order valence-corrected chi connectivity index (χ0v) is 12.6. The Balaban J connectivity index is 2.27. The van der Waals surface area contributed by atoms with Gasteiger partial charge < -0.3 is 15.0 Å². The van der Waals surface area contributed by atoms with Crippen molar-refractivity contribution in [3.63, 3.8) is 0 Å². The average molecular weight is 282 g/mol. The highest BCUT2D eigenvalue weighted by atomic mass is 19.1. The summed E-state index contributed by atoms with van der Waals surface area (Å²) in [6.07, 6.45) is -0.356. The van der Waals surface area contributed by atoms with Crippen LogP contribution in [0.15, 0.2) is 24.3 Å². The summed E-state index contributed by atoms with van der Waals surface area (Å²) in [6.45, 7) is 7.00. The number of benzene rings is 1. The molecule has 0 unspecified atom stereocenters. The van der Waals surface area contributed by atoms with Crippen LogP contribution < -0.4 is 5.32 Å². The van der Waals surface area contributed by atoms with Gasteiger partial charge >= 0.3 is 6.09 Å². The van der Waals surface area contributed by atoms with E-state index in [1.807, 2.05) is 20.8 Å². The van der Waals surface area contributed by atoms with Gasteiger partial charge in [-0.2, -0.15) is 0 Å². The number of carbonyl (C=O) groups excluding carboxylic acids is 1. The van der Waals surface area contributed by atoms with Gasteiger partial charge in [0.25, 0.3) is 0 Å². The zero-order chi connectivity index (χ0) is 15.2. The van der Waals surface area contributed by atoms with Gasteiger partial charge in [0, 0.05) is 32.2 Å². The van der Waals surface area contributed by atoms with Gasteiger partial charge in [0.1, 0.15) is 11.4 Å². The largest absolute Gasteiger partial charge is 0.444 e. The molecule has 0 atom stereocenters. The summed E-state index contributed by atoms with van der Waals surface area (Å²) in [5.41, 5.74) is 0.124. The summed E-state index contributed by atoms with van der Waals surface area (Å²) < 4.78 is 18.6. The fourth-order valence-electron chi connectivity index (χ4n) is 1.54. The molecule has 0 saturated heterocycles. The van der Waals surface area contributed by atoms with Crippen LogP contribution >= 0.6 is 0 Å². The third kappa shape index (κ3) is 6.02. The van der Waals surface area contributed by atoms with Gasteiger partial charge in [0.05, 0.1) is 0 Å². The van der Waals surface area contributed by atoms with Crippen molar-refractivity contribution in [1.82, 2.24) is 10.2 Å². The van der Waals surface area contributed by atoms with E-state index in [0.717, 1.165) is 0 Å². The lowest BCUT2D eigenvalue weighted by Crippen LogP contribution is -2.37. The summed E-state index contributed by atoms with van der Waals surface area (Å²) in [5.74, 6) is -0.222. The van der Waals surface area contributed by atoms with Crippen molar-refractivity contribution >= 4 is 6.09 Å². The molecule has 4 nitrogen and oxygen atoms in total. The first-order valence-corrected chi connectivity index (χ1v) is 6.68. The Morgan fingerprint density at radius 2 is 2.00 bits per heavy atom. The summed E-state index contributed by atoms with van der Waals surface area (Å²) in [7, 11) is 1.68. The van der Waals surface area contributed by atoms with Gasteiger partial charge in [-0.15, -0.1) is 0 Å². The fourth-order valence-corrected chi connectivity index (χ4v) is 1.54. The average Bonchev–Trinajstić information content (AvgIpc) is 2.34. The summed E-state index contributed by atoms with van der Waals surface area (Å²) in [5, 5.41) is 3.10. The van der Waals surface area contributed by atoms with Gasteiger partial charge in [0.2, 0.25) is 0 Å². The smallest absolute Gasteiger partial charge is 0.410 e. The van der Waals surface area contributed by atoms with E-state index in [-0.39, 0.29) is 11.9 Å². The molecule has 5 heteroatoms. The van der Waals surface area contributed by atoms with Gasteiger partial charge in [-0.05, 0) is 26.8 Å². The lowest BCUT2D eigenvalue weighted by molar-refractivity contribution is 0.0300. The van der Waals surface area contributed by atoms with Crippen LogP contribution in [0.4, 0.5) is 9.18 Å². The zero-order valence-electron chi connectivity index (χ0n) is 12.6. The van der Waals surface area contributed by atoms with E-state index in [1.165, 1.54) is 11.0 Å². The van der Waals surface area contributed by atoms with Crippen LogP contribution in [-0.2, 0) is 11.3 Å². The van der Waals surface area contributed by atoms with Crippen molar-refractivity contribution in [3.05, 3.63) is 35.6 Å². The number of ether oxygens (including phenoxy) is 1. The molecule has 0 saturated carbocycles. The van der Waals surface area contributed by atoms with E-state index in [0.29, 0.717) is 25.2 Å². The van der Waals surface area contributed by atoms with E-state index in [4.69, 9.17) is 4.74 Å². The van der Waals surface area contributed by atoms with E-state index in [2.05, 4.69) is 5.32 Å². The molecule has 0 bridgehead atoms. The van der Waals surface area contributed by atoms with Crippen LogP contribution in [0.2, 0.25) is 0 Å². The standard InChI is InChI=1S/C15H23FN2O2/c1-15(2,3)20-14(19)18(4)10-9-17-11-12-7-5-6-8-13(12)16/h5-8,17H,9-11H2,1-4H3. The summed E-state index contributed by atoms with van der Waals surface area (Å²) in [4.78, 5) is 13.2. The number of hydrogen-bond acceptors (Lipinski definition) is 3. The molecule has 1 aromatic carbocycles. The maximum atomic E-state index is 13.4. The molecule has 0 aromatic heterocycles. The number of amides is 1. The van der Waals surface area contributed by atoms with Gasteiger partial charge in [0.15, 0.2) is 0 Å². The SMILES string of the molecule is CN(CCNCc1ccccc1F)C(=O)OC(C)(C)C. The third-order valence-corrected chi connectivity index (χ3v) is 2.60. The van der Waals surface area contributed by atoms with Crippen LogP contribution in [-0.4, -0.2) is 36.7 Å². The second-order valence-corrected chi connectivity index (χ2v) is 5.67. The predicted octanol–water partition coefficient (Wildman–Crippen LogP) is 2.78. The topological polar surface area (TPSA) is 41.6 Å². The molecule has 0 spiro atoms. The molecule has 20 heavy (non-hydrogen) atoms. The molecule has 1 aromatic rings. The second kappa shape index (κ2) is 7.24. The van der Waals surface area contributed by atoms with Gasteiger partial charge in [-0.3, -0.25) is 0 Å². The normalized spacial score (nSPS) is 11.2. The van der Waals surface area contributed by atoms with E-state index in [9.17, 15) is 9.18 Å². The molecule has 1 rings (SSSR count). The number of nitrogens with one attached hydrogen (secondary N) is 1. The number of likely N-dealkylation sites (N-methyl/N-ethyl adjacent to an activating group) is 1. The lowest BCUT2D eigenvalue weighted by Gasteiger charge is -2.24. The number of halogens is 1. The highest BCUT2D eigenvalue weighted by Crippen LogP contribution is 2.09. The Bertz CT molecular complexity index is 444. The Labute approximate surface area is 119 Å². The van der Waals surface area contributed by atoms with E-state index in [1.54, 1.807) is 25.2 Å². The first-order chi connectivity index (χ1) is 9.29. The van der Waals surface area contributed by atoms with E-state index < -0.39 is 5.60 Å². The number of hydrogen-bond donors (Lipinski definition) is 1. The molecular weight excluding hydrogens is 259 g/mol. The molecule has 0 radical (unpaired) electrons. The van der Waals surface area contributed by atoms with Crippen molar-refractivity contribution in [2.75, 3.05) is 20.1 Å². The minimum Gasteiger partial charge on any atom is -0.444 e. The molecular formula is C15H23FN2O2. The lowest BCUT2D eigenvalue weighted by atomic mass is 10.2. The highest BCUT2D eigenvalue weighted by Gasteiger charge is 2.18. The van der Waals surface area contributed by atoms with Crippen LogP contribution in [0.3, 0.4) is 0 Å². The Morgan fingerprint density at radius 1 is 1.35 bits per heavy atom. The van der Waals surface area contributed by atoms with E-state index >= 15 is 0 Å². The molecule has 112 valence electrons. The summed E-state index contributed by atoms with van der Waals surface area (Å²) >= 11 is 0. The fraction of sp³-hybridized carbons (Fsp3) is 0.533. The van der Waals surface area contributed by atoms with Crippen molar-refractivity contribution in [2.45, 2.75) is 32.9 Å². The molecule has 0 aliphatic heterocycles. The van der Waals surface area contributed by atoms with Crippen molar-refractivity contribution in [1.29, 1.82) is 0 Å². The first-order valence-electron chi connectivity index (χ1n) is 6.68. The van der Waals surface area contributed by atoms with Crippen LogP contribution in [0.5, 0.6) is 0 Å². The van der Waals surface area contributed by atoms with Gasteiger partial charge in [-0.25, -0.2) is 9.18 Å². The minimum absolute atomic E-state index is 0.222. The highest BCUT2D eigenvalue weighted by molar-refractivity contribution is 5.67. The number of carbonyl (C=O) groups is 1. The molecule has 0 heterocycles. The van der Waals surface area contributed by atoms with Crippen LogP contribution in [0.25, 0.3) is 0 Å². The Hall–Kier alpha value is -1.62. The molecule has 0 aliphatic rings. The predicted molar refractivity (Wildman–Crippen MR) is 77.0 cm³/mol. The second-order valence-electron chi connectivity index (χ2n) is 5.67. The third-order valence-electron chi connectivity index (χ3n) is 2.60. The Morgan fingerprint density at radius 3 is 2.60 bits per heavy atom. The molecule has 0 aliphatic carbocycles. The summed E-state index contributed by atoms with van der Waals surface area (Å²) in [6, 6.07) is 6.63. The molecule has 1 N–H and O–H groups in total. The van der Waals surface area contributed by atoms with Crippen molar-refractivity contribution in [2.24, 2.45) is 0 Å². The number of rotatable bonds is 5. The first kappa shape index (κ1) is 16.4. The van der Waals surface area contributed by atoms with Gasteiger partial charge in [-0.1, -0.05) is 18.2 Å². The quantitative estimate of drug-likeness (QED) is 0.844. The minimum atomic E-state index is -0.494. The monoisotopic (exact) mass is 282 g/mol. The maximum Gasteiger partial charge on any atom is 0.410 e.